The third-order valence-electron chi connectivity index (χ3n) is 3.34. The molecular formula is C13H13Br2NO3. The predicted octanol–water partition coefficient (Wildman–Crippen LogP) is 3.65. The van der Waals surface area contributed by atoms with Gasteiger partial charge in [0.05, 0.1) is 11.6 Å². The molecule has 0 bridgehead atoms. The van der Waals surface area contributed by atoms with Gasteiger partial charge in [0.25, 0.3) is 0 Å². The fourth-order valence-corrected chi connectivity index (χ4v) is 2.98. The third-order valence-corrected chi connectivity index (χ3v) is 4.52. The van der Waals surface area contributed by atoms with Crippen molar-refractivity contribution in [2.45, 2.75) is 19.3 Å². The number of rotatable bonds is 3. The molecule has 1 saturated carbocycles. The van der Waals surface area contributed by atoms with Crippen molar-refractivity contribution in [2.75, 3.05) is 5.32 Å². The van der Waals surface area contributed by atoms with Gasteiger partial charge in [-0.25, -0.2) is 0 Å². The standard InChI is InChI=1S/C13H13Br2NO3/c14-9-3-4-10(15)11(6-9)16-12(17)7-1-2-8(5-7)13(18)19/h3-4,6-8H,1-2,5H2,(H,16,17)(H,18,19). The average molecular weight is 391 g/mol. The molecule has 0 heterocycles. The summed E-state index contributed by atoms with van der Waals surface area (Å²) in [5.41, 5.74) is 0.693. The number of carboxylic acids is 1. The van der Waals surface area contributed by atoms with Crippen molar-refractivity contribution in [3.05, 3.63) is 27.1 Å². The minimum Gasteiger partial charge on any atom is -0.481 e. The normalized spacial score (nSPS) is 22.2. The first-order valence-electron chi connectivity index (χ1n) is 5.96. The highest BCUT2D eigenvalue weighted by Gasteiger charge is 2.33. The van der Waals surface area contributed by atoms with Gasteiger partial charge in [-0.05, 0) is 53.4 Å². The lowest BCUT2D eigenvalue weighted by Crippen LogP contribution is -2.21. The van der Waals surface area contributed by atoms with E-state index in [2.05, 4.69) is 37.2 Å². The van der Waals surface area contributed by atoms with Crippen LogP contribution in [-0.2, 0) is 9.59 Å². The van der Waals surface area contributed by atoms with Crippen molar-refractivity contribution in [3.8, 4) is 0 Å². The van der Waals surface area contributed by atoms with Crippen LogP contribution in [0.1, 0.15) is 19.3 Å². The molecule has 1 fully saturated rings. The van der Waals surface area contributed by atoms with Gasteiger partial charge < -0.3 is 10.4 Å². The van der Waals surface area contributed by atoms with Crippen LogP contribution in [0.15, 0.2) is 27.1 Å². The van der Waals surface area contributed by atoms with E-state index in [9.17, 15) is 9.59 Å². The summed E-state index contributed by atoms with van der Waals surface area (Å²) < 4.78 is 1.68. The van der Waals surface area contributed by atoms with Crippen molar-refractivity contribution in [3.63, 3.8) is 0 Å². The summed E-state index contributed by atoms with van der Waals surface area (Å²) in [6, 6.07) is 5.52. The molecule has 4 nitrogen and oxygen atoms in total. The molecule has 0 aromatic heterocycles. The van der Waals surface area contributed by atoms with Crippen molar-refractivity contribution in [2.24, 2.45) is 11.8 Å². The second-order valence-electron chi connectivity index (χ2n) is 4.66. The number of hydrogen-bond acceptors (Lipinski definition) is 2. The van der Waals surface area contributed by atoms with Gasteiger partial charge in [-0.2, -0.15) is 0 Å². The highest BCUT2D eigenvalue weighted by atomic mass is 79.9. The van der Waals surface area contributed by atoms with Gasteiger partial charge in [-0.1, -0.05) is 15.9 Å². The number of nitrogens with one attached hydrogen (secondary N) is 1. The molecule has 1 aliphatic rings. The number of carboxylic acid groups (broad SMARTS) is 1. The molecule has 6 heteroatoms. The zero-order valence-corrected chi connectivity index (χ0v) is 13.2. The molecule has 19 heavy (non-hydrogen) atoms. The van der Waals surface area contributed by atoms with Crippen LogP contribution in [0.25, 0.3) is 0 Å². The van der Waals surface area contributed by atoms with E-state index in [1.165, 1.54) is 0 Å². The Balaban J connectivity index is 2.02. The van der Waals surface area contributed by atoms with Gasteiger partial charge in [0.2, 0.25) is 5.91 Å². The van der Waals surface area contributed by atoms with E-state index in [-0.39, 0.29) is 17.7 Å². The zero-order valence-electron chi connectivity index (χ0n) is 10.0. The van der Waals surface area contributed by atoms with Crippen LogP contribution in [0, 0.1) is 11.8 Å². The number of amides is 1. The van der Waals surface area contributed by atoms with E-state index in [0.717, 1.165) is 8.95 Å². The first kappa shape index (κ1) is 14.5. The van der Waals surface area contributed by atoms with E-state index in [1.807, 2.05) is 18.2 Å². The number of carbonyl (C=O) groups excluding carboxylic acids is 1. The third kappa shape index (κ3) is 3.57. The molecule has 102 valence electrons. The number of benzene rings is 1. The smallest absolute Gasteiger partial charge is 0.306 e. The maximum Gasteiger partial charge on any atom is 0.306 e. The minimum atomic E-state index is -0.807. The Morgan fingerprint density at radius 1 is 1.21 bits per heavy atom. The van der Waals surface area contributed by atoms with Gasteiger partial charge in [-0.3, -0.25) is 9.59 Å². The number of anilines is 1. The Morgan fingerprint density at radius 2 is 1.89 bits per heavy atom. The van der Waals surface area contributed by atoms with Crippen LogP contribution >= 0.6 is 31.9 Å². The fourth-order valence-electron chi connectivity index (χ4n) is 2.27. The van der Waals surface area contributed by atoms with Crippen molar-refractivity contribution in [1.29, 1.82) is 0 Å². The van der Waals surface area contributed by atoms with Crippen molar-refractivity contribution < 1.29 is 14.7 Å². The van der Waals surface area contributed by atoms with E-state index < -0.39 is 5.97 Å². The Morgan fingerprint density at radius 3 is 2.53 bits per heavy atom. The molecule has 1 aromatic rings. The summed E-state index contributed by atoms with van der Waals surface area (Å²) in [5, 5.41) is 11.8. The molecule has 0 radical (unpaired) electrons. The monoisotopic (exact) mass is 389 g/mol. The highest BCUT2D eigenvalue weighted by Crippen LogP contribution is 2.33. The molecule has 2 atom stereocenters. The summed E-state index contributed by atoms with van der Waals surface area (Å²) >= 11 is 6.72. The van der Waals surface area contributed by atoms with Crippen LogP contribution in [0.4, 0.5) is 5.69 Å². The Kier molecular flexibility index (Phi) is 4.62. The van der Waals surface area contributed by atoms with E-state index in [1.54, 1.807) is 0 Å². The summed E-state index contributed by atoms with van der Waals surface area (Å²) in [6.45, 7) is 0. The second kappa shape index (κ2) is 6.05. The first-order valence-corrected chi connectivity index (χ1v) is 7.54. The topological polar surface area (TPSA) is 66.4 Å². The average Bonchev–Trinajstić information content (AvgIpc) is 2.83. The van der Waals surface area contributed by atoms with Crippen molar-refractivity contribution in [1.82, 2.24) is 0 Å². The largest absolute Gasteiger partial charge is 0.481 e. The molecule has 0 aliphatic heterocycles. The molecule has 2 unspecified atom stereocenters. The molecule has 1 amide bonds. The number of aliphatic carboxylic acids is 1. The van der Waals surface area contributed by atoms with Gasteiger partial charge in [-0.15, -0.1) is 0 Å². The maximum absolute atomic E-state index is 12.1. The summed E-state index contributed by atoms with van der Waals surface area (Å²) in [7, 11) is 0. The zero-order chi connectivity index (χ0) is 14.0. The molecule has 0 saturated heterocycles. The molecule has 1 aliphatic carbocycles. The summed E-state index contributed by atoms with van der Waals surface area (Å²) in [6.07, 6.45) is 1.63. The SMILES string of the molecule is O=C(O)C1CCC(C(=O)Nc2cc(Br)ccc2Br)C1. The van der Waals surface area contributed by atoms with Crippen LogP contribution in [0.5, 0.6) is 0 Å². The number of hydrogen-bond donors (Lipinski definition) is 2. The first-order chi connectivity index (χ1) is 8.97. The van der Waals surface area contributed by atoms with E-state index in [0.29, 0.717) is 24.9 Å². The van der Waals surface area contributed by atoms with Crippen LogP contribution in [-0.4, -0.2) is 17.0 Å². The molecular weight excluding hydrogens is 378 g/mol. The lowest BCUT2D eigenvalue weighted by molar-refractivity contribution is -0.141. The minimum absolute atomic E-state index is 0.109. The number of halogens is 2. The lowest BCUT2D eigenvalue weighted by Gasteiger charge is -2.12. The van der Waals surface area contributed by atoms with Gasteiger partial charge in [0.1, 0.15) is 0 Å². The van der Waals surface area contributed by atoms with Gasteiger partial charge in [0, 0.05) is 14.9 Å². The predicted molar refractivity (Wildman–Crippen MR) is 78.9 cm³/mol. The maximum atomic E-state index is 12.1. The van der Waals surface area contributed by atoms with E-state index in [4.69, 9.17) is 5.11 Å². The van der Waals surface area contributed by atoms with Crippen LogP contribution in [0.3, 0.4) is 0 Å². The fraction of sp³-hybridized carbons (Fsp3) is 0.385. The van der Waals surface area contributed by atoms with Crippen molar-refractivity contribution >= 4 is 49.4 Å². The molecule has 0 spiro atoms. The Bertz CT molecular complexity index is 519. The summed E-state index contributed by atoms with van der Waals surface area (Å²) in [4.78, 5) is 23.0. The highest BCUT2D eigenvalue weighted by molar-refractivity contribution is 9.11. The lowest BCUT2D eigenvalue weighted by atomic mass is 10.0. The molecule has 2 N–H and O–H groups in total. The Hall–Kier alpha value is -0.880. The van der Waals surface area contributed by atoms with Crippen LogP contribution in [0.2, 0.25) is 0 Å². The summed E-state index contributed by atoms with van der Waals surface area (Å²) in [5.74, 6) is -1.52. The van der Waals surface area contributed by atoms with Crippen LogP contribution < -0.4 is 5.32 Å². The van der Waals surface area contributed by atoms with Gasteiger partial charge >= 0.3 is 5.97 Å². The van der Waals surface area contributed by atoms with Gasteiger partial charge in [0.15, 0.2) is 0 Å². The Labute approximate surface area is 127 Å². The second-order valence-corrected chi connectivity index (χ2v) is 6.43. The molecule has 1 aromatic carbocycles. The molecule has 2 rings (SSSR count). The quantitative estimate of drug-likeness (QED) is 0.827. The number of carbonyl (C=O) groups is 2. The van der Waals surface area contributed by atoms with E-state index >= 15 is 0 Å².